The molecule has 1 atom stereocenters. The fourth-order valence-electron chi connectivity index (χ4n) is 1.72. The Morgan fingerprint density at radius 2 is 2.28 bits per heavy atom. The van der Waals surface area contributed by atoms with Gasteiger partial charge in [-0.15, -0.1) is 11.3 Å². The first-order chi connectivity index (χ1) is 8.61. The second-order valence-electron chi connectivity index (χ2n) is 3.94. The smallest absolute Gasteiger partial charge is 0.168 e. The lowest BCUT2D eigenvalue weighted by atomic mass is 10.1. The average Bonchev–Trinajstić information content (AvgIpc) is 2.78. The highest BCUT2D eigenvalue weighted by Gasteiger charge is 2.16. The van der Waals surface area contributed by atoms with E-state index in [1.54, 1.807) is 23.6 Å². The molecule has 0 aliphatic rings. The molecule has 0 aliphatic heterocycles. The molecule has 96 valence electrons. The van der Waals surface area contributed by atoms with Crippen LogP contribution in [0.5, 0.6) is 5.75 Å². The third kappa shape index (κ3) is 2.68. The van der Waals surface area contributed by atoms with Crippen molar-refractivity contribution in [3.63, 3.8) is 0 Å². The highest BCUT2D eigenvalue weighted by Crippen LogP contribution is 2.25. The van der Waals surface area contributed by atoms with E-state index >= 15 is 0 Å². The van der Waals surface area contributed by atoms with Crippen LogP contribution in [-0.4, -0.2) is 17.2 Å². The Morgan fingerprint density at radius 3 is 2.89 bits per heavy atom. The minimum absolute atomic E-state index is 0.187. The summed E-state index contributed by atoms with van der Waals surface area (Å²) in [6.45, 7) is 1.87. The second kappa shape index (κ2) is 5.46. The molecule has 18 heavy (non-hydrogen) atoms. The average molecular weight is 267 g/mol. The van der Waals surface area contributed by atoms with Crippen molar-refractivity contribution in [1.82, 2.24) is 4.98 Å². The van der Waals surface area contributed by atoms with Gasteiger partial charge in [-0.2, -0.15) is 0 Å². The molecular weight excluding hydrogens is 253 g/mol. The van der Waals surface area contributed by atoms with Gasteiger partial charge in [0.15, 0.2) is 11.6 Å². The van der Waals surface area contributed by atoms with Crippen LogP contribution in [0.3, 0.4) is 0 Å². The maximum Gasteiger partial charge on any atom is 0.168 e. The quantitative estimate of drug-likeness (QED) is 0.926. The highest BCUT2D eigenvalue weighted by molar-refractivity contribution is 7.09. The standard InChI is InChI=1S/C13H14FNO2S/c1-8-15-10(7-18-8)11(16)6-9-4-3-5-12(17-2)13(9)14/h3-5,7,11,16H,6H2,1-2H3. The number of ether oxygens (including phenoxy) is 1. The van der Waals surface area contributed by atoms with Crippen molar-refractivity contribution in [3.8, 4) is 5.75 Å². The number of aliphatic hydroxyl groups excluding tert-OH is 1. The van der Waals surface area contributed by atoms with Gasteiger partial charge in [0.1, 0.15) is 6.10 Å². The van der Waals surface area contributed by atoms with E-state index in [1.807, 2.05) is 6.92 Å². The molecule has 1 aromatic heterocycles. The van der Waals surface area contributed by atoms with E-state index in [4.69, 9.17) is 4.74 Å². The molecule has 0 spiro atoms. The first-order valence-corrected chi connectivity index (χ1v) is 6.41. The zero-order valence-corrected chi connectivity index (χ0v) is 11.0. The van der Waals surface area contributed by atoms with Crippen LogP contribution in [0.1, 0.15) is 22.4 Å². The zero-order valence-electron chi connectivity index (χ0n) is 10.2. The molecule has 1 aromatic carbocycles. The van der Waals surface area contributed by atoms with Crippen molar-refractivity contribution in [1.29, 1.82) is 0 Å². The van der Waals surface area contributed by atoms with E-state index in [0.29, 0.717) is 11.3 Å². The fraction of sp³-hybridized carbons (Fsp3) is 0.308. The third-order valence-electron chi connectivity index (χ3n) is 2.65. The van der Waals surface area contributed by atoms with E-state index < -0.39 is 11.9 Å². The molecule has 0 bridgehead atoms. The van der Waals surface area contributed by atoms with E-state index in [0.717, 1.165) is 5.01 Å². The van der Waals surface area contributed by atoms with Crippen LogP contribution in [0.25, 0.3) is 0 Å². The number of methoxy groups -OCH3 is 1. The van der Waals surface area contributed by atoms with Gasteiger partial charge in [0, 0.05) is 11.8 Å². The van der Waals surface area contributed by atoms with Gasteiger partial charge in [-0.3, -0.25) is 0 Å². The summed E-state index contributed by atoms with van der Waals surface area (Å²) in [5.74, 6) is -0.236. The predicted molar refractivity (Wildman–Crippen MR) is 68.5 cm³/mol. The number of benzene rings is 1. The second-order valence-corrected chi connectivity index (χ2v) is 5.01. The number of halogens is 1. The molecule has 0 radical (unpaired) electrons. The molecule has 5 heteroatoms. The van der Waals surface area contributed by atoms with Gasteiger partial charge < -0.3 is 9.84 Å². The van der Waals surface area contributed by atoms with Gasteiger partial charge in [-0.25, -0.2) is 9.37 Å². The van der Waals surface area contributed by atoms with Crippen molar-refractivity contribution >= 4 is 11.3 Å². The number of hydrogen-bond donors (Lipinski definition) is 1. The van der Waals surface area contributed by atoms with Gasteiger partial charge in [0.25, 0.3) is 0 Å². The Bertz CT molecular complexity index is 542. The molecule has 2 aromatic rings. The van der Waals surface area contributed by atoms with Crippen molar-refractivity contribution in [2.45, 2.75) is 19.4 Å². The monoisotopic (exact) mass is 267 g/mol. The van der Waals surface area contributed by atoms with Crippen LogP contribution in [0, 0.1) is 12.7 Å². The number of aryl methyl sites for hydroxylation is 1. The zero-order chi connectivity index (χ0) is 13.1. The summed E-state index contributed by atoms with van der Waals surface area (Å²) in [7, 11) is 1.42. The number of hydrogen-bond acceptors (Lipinski definition) is 4. The lowest BCUT2D eigenvalue weighted by molar-refractivity contribution is 0.172. The number of thiazole rings is 1. The Morgan fingerprint density at radius 1 is 1.50 bits per heavy atom. The van der Waals surface area contributed by atoms with Crippen LogP contribution in [0.4, 0.5) is 4.39 Å². The highest BCUT2D eigenvalue weighted by atomic mass is 32.1. The SMILES string of the molecule is COc1cccc(CC(O)c2csc(C)n2)c1F. The van der Waals surface area contributed by atoms with Crippen molar-refractivity contribution in [2.75, 3.05) is 7.11 Å². The lowest BCUT2D eigenvalue weighted by Gasteiger charge is -2.10. The molecule has 0 saturated carbocycles. The van der Waals surface area contributed by atoms with Crippen LogP contribution in [0.15, 0.2) is 23.6 Å². The number of aliphatic hydroxyl groups is 1. The molecule has 0 aliphatic carbocycles. The number of aromatic nitrogens is 1. The Labute approximate surface area is 109 Å². The first kappa shape index (κ1) is 13.0. The van der Waals surface area contributed by atoms with Gasteiger partial charge in [0.05, 0.1) is 17.8 Å². The van der Waals surface area contributed by atoms with Crippen molar-refractivity contribution in [2.24, 2.45) is 0 Å². The summed E-state index contributed by atoms with van der Waals surface area (Å²) >= 11 is 1.47. The minimum atomic E-state index is -0.795. The minimum Gasteiger partial charge on any atom is -0.494 e. The van der Waals surface area contributed by atoms with Crippen molar-refractivity contribution < 1.29 is 14.2 Å². The lowest BCUT2D eigenvalue weighted by Crippen LogP contribution is -2.05. The predicted octanol–water partition coefficient (Wildman–Crippen LogP) is 2.88. The molecule has 2 rings (SSSR count). The summed E-state index contributed by atoms with van der Waals surface area (Å²) in [5, 5.41) is 12.7. The maximum atomic E-state index is 13.9. The summed E-state index contributed by atoms with van der Waals surface area (Å²) < 4.78 is 18.8. The normalized spacial score (nSPS) is 12.4. The molecule has 3 nitrogen and oxygen atoms in total. The number of rotatable bonds is 4. The van der Waals surface area contributed by atoms with Gasteiger partial charge in [-0.1, -0.05) is 12.1 Å². The molecule has 1 N–H and O–H groups in total. The fourth-order valence-corrected chi connectivity index (χ4v) is 2.38. The summed E-state index contributed by atoms with van der Waals surface area (Å²) in [4.78, 5) is 4.19. The van der Waals surface area contributed by atoms with E-state index in [9.17, 15) is 9.50 Å². The summed E-state index contributed by atoms with van der Waals surface area (Å²) in [6.07, 6.45) is -0.608. The van der Waals surface area contributed by atoms with Gasteiger partial charge in [0.2, 0.25) is 0 Å². The molecule has 0 amide bonds. The van der Waals surface area contributed by atoms with Crippen LogP contribution < -0.4 is 4.74 Å². The van der Waals surface area contributed by atoms with Gasteiger partial charge >= 0.3 is 0 Å². The third-order valence-corrected chi connectivity index (χ3v) is 3.45. The van der Waals surface area contributed by atoms with Crippen LogP contribution >= 0.6 is 11.3 Å². The van der Waals surface area contributed by atoms with Crippen LogP contribution in [0.2, 0.25) is 0 Å². The molecular formula is C13H14FNO2S. The largest absolute Gasteiger partial charge is 0.494 e. The summed E-state index contributed by atoms with van der Waals surface area (Å²) in [6, 6.07) is 4.90. The van der Waals surface area contributed by atoms with Crippen molar-refractivity contribution in [3.05, 3.63) is 45.7 Å². The van der Waals surface area contributed by atoms with E-state index in [-0.39, 0.29) is 12.2 Å². The van der Waals surface area contributed by atoms with Gasteiger partial charge in [-0.05, 0) is 18.6 Å². The van der Waals surface area contributed by atoms with Crippen LogP contribution in [-0.2, 0) is 6.42 Å². The maximum absolute atomic E-state index is 13.9. The Balaban J connectivity index is 2.19. The summed E-state index contributed by atoms with van der Waals surface area (Å²) in [5.41, 5.74) is 1.01. The Hall–Kier alpha value is -1.46. The van der Waals surface area contributed by atoms with E-state index in [2.05, 4.69) is 4.98 Å². The topological polar surface area (TPSA) is 42.4 Å². The molecule has 0 saturated heterocycles. The first-order valence-electron chi connectivity index (χ1n) is 5.53. The molecule has 0 fully saturated rings. The van der Waals surface area contributed by atoms with E-state index in [1.165, 1.54) is 18.4 Å². The Kier molecular flexibility index (Phi) is 3.93. The molecule has 1 unspecified atom stereocenters. The number of nitrogens with zero attached hydrogens (tertiary/aromatic N) is 1. The molecule has 1 heterocycles.